The fraction of sp³-hybridized carbons (Fsp3) is 0.545. The first kappa shape index (κ1) is 12.3. The van der Waals surface area contributed by atoms with Gasteiger partial charge >= 0.3 is 0 Å². The lowest BCUT2D eigenvalue weighted by molar-refractivity contribution is 0.0572. The van der Waals surface area contributed by atoms with E-state index in [1.807, 2.05) is 4.90 Å². The quantitative estimate of drug-likeness (QED) is 0.604. The molecule has 2 atom stereocenters. The average Bonchev–Trinajstić information content (AvgIpc) is 2.85. The smallest absolute Gasteiger partial charge is 0.163 e. The maximum Gasteiger partial charge on any atom is 0.163 e. The third-order valence-electron chi connectivity index (χ3n) is 3.37. The van der Waals surface area contributed by atoms with E-state index in [9.17, 15) is 10.2 Å². The Hall–Kier alpha value is -1.77. The van der Waals surface area contributed by atoms with E-state index >= 15 is 0 Å². The Morgan fingerprint density at radius 1 is 1.32 bits per heavy atom. The first-order valence-electron chi connectivity index (χ1n) is 6.07. The number of anilines is 1. The van der Waals surface area contributed by atoms with Gasteiger partial charge in [0.15, 0.2) is 5.65 Å². The second kappa shape index (κ2) is 4.41. The van der Waals surface area contributed by atoms with Crippen LogP contribution in [-0.4, -0.2) is 60.2 Å². The molecule has 0 radical (unpaired) electrons. The largest absolute Gasteiger partial charge is 0.389 e. The maximum absolute atomic E-state index is 9.51. The third kappa shape index (κ3) is 2.14. The Kier molecular flexibility index (Phi) is 2.85. The monoisotopic (exact) mass is 264 g/mol. The first-order valence-corrected chi connectivity index (χ1v) is 6.07. The molecule has 8 heteroatoms. The summed E-state index contributed by atoms with van der Waals surface area (Å²) < 4.78 is 1.64. The van der Waals surface area contributed by atoms with E-state index in [4.69, 9.17) is 5.73 Å². The Morgan fingerprint density at radius 3 is 2.68 bits per heavy atom. The van der Waals surface area contributed by atoms with Crippen molar-refractivity contribution in [1.29, 1.82) is 0 Å². The number of likely N-dealkylation sites (tertiary alicyclic amines) is 1. The summed E-state index contributed by atoms with van der Waals surface area (Å²) in [6, 6.07) is 0. The van der Waals surface area contributed by atoms with Gasteiger partial charge in [0, 0.05) is 20.1 Å². The van der Waals surface area contributed by atoms with Gasteiger partial charge in [0.2, 0.25) is 0 Å². The van der Waals surface area contributed by atoms with Gasteiger partial charge in [-0.2, -0.15) is 5.10 Å². The molecule has 0 aromatic carbocycles. The number of aromatic nitrogens is 4. The summed E-state index contributed by atoms with van der Waals surface area (Å²) >= 11 is 0. The predicted molar refractivity (Wildman–Crippen MR) is 68.0 cm³/mol. The normalized spacial score (nSPS) is 24.4. The molecule has 2 unspecified atom stereocenters. The summed E-state index contributed by atoms with van der Waals surface area (Å²) in [4.78, 5) is 10.5. The lowest BCUT2D eigenvalue weighted by Crippen LogP contribution is -2.23. The first-order chi connectivity index (χ1) is 9.04. The molecule has 1 aliphatic rings. The van der Waals surface area contributed by atoms with Gasteiger partial charge in [-0.05, 0) is 0 Å². The fourth-order valence-electron chi connectivity index (χ4n) is 2.34. The van der Waals surface area contributed by atoms with Gasteiger partial charge in [-0.25, -0.2) is 9.97 Å². The summed E-state index contributed by atoms with van der Waals surface area (Å²) in [6.45, 7) is 1.27. The molecule has 0 amide bonds. The van der Waals surface area contributed by atoms with Crippen LogP contribution in [0.1, 0.15) is 5.82 Å². The number of aliphatic hydroxyl groups excluding tert-OH is 2. The van der Waals surface area contributed by atoms with Crippen molar-refractivity contribution in [2.75, 3.05) is 18.8 Å². The number of aliphatic hydroxyl groups is 2. The number of rotatable bonds is 2. The molecule has 0 aliphatic carbocycles. The molecule has 0 saturated carbocycles. The lowest BCUT2D eigenvalue weighted by atomic mass is 10.3. The average molecular weight is 264 g/mol. The fourth-order valence-corrected chi connectivity index (χ4v) is 2.34. The van der Waals surface area contributed by atoms with Gasteiger partial charge in [-0.15, -0.1) is 0 Å². The number of hydrogen-bond donors (Lipinski definition) is 3. The molecule has 2 aromatic heterocycles. The van der Waals surface area contributed by atoms with Crippen LogP contribution in [0.2, 0.25) is 0 Å². The molecule has 4 N–H and O–H groups in total. The molecule has 1 aliphatic heterocycles. The van der Waals surface area contributed by atoms with Crippen molar-refractivity contribution < 1.29 is 10.2 Å². The maximum atomic E-state index is 9.51. The van der Waals surface area contributed by atoms with Gasteiger partial charge in [-0.1, -0.05) is 0 Å². The Balaban J connectivity index is 1.87. The Labute approximate surface area is 109 Å². The Bertz CT molecular complexity index is 602. The number of nitrogens with two attached hydrogens (primary N) is 1. The predicted octanol–water partition coefficient (Wildman–Crippen LogP) is -1.52. The minimum absolute atomic E-state index is 0.397. The summed E-state index contributed by atoms with van der Waals surface area (Å²) in [5.74, 6) is 0.961. The number of β-amino-alcohol motifs (C(OH)–C–C–N with tert-alkyl or cyclic N) is 2. The summed E-state index contributed by atoms with van der Waals surface area (Å²) in [5.41, 5.74) is 6.56. The zero-order valence-electron chi connectivity index (χ0n) is 10.6. The molecule has 3 heterocycles. The molecular formula is C11H16N6O2. The highest BCUT2D eigenvalue weighted by Gasteiger charge is 2.30. The molecule has 0 spiro atoms. The van der Waals surface area contributed by atoms with Crippen LogP contribution in [0.3, 0.4) is 0 Å². The number of nitrogen functional groups attached to an aromatic ring is 1. The van der Waals surface area contributed by atoms with Crippen molar-refractivity contribution >= 4 is 16.9 Å². The van der Waals surface area contributed by atoms with Gasteiger partial charge < -0.3 is 15.9 Å². The minimum Gasteiger partial charge on any atom is -0.389 e. The van der Waals surface area contributed by atoms with Crippen molar-refractivity contribution in [3.05, 3.63) is 12.0 Å². The van der Waals surface area contributed by atoms with E-state index in [1.54, 1.807) is 17.9 Å². The van der Waals surface area contributed by atoms with Crippen LogP contribution in [0.25, 0.3) is 11.0 Å². The highest BCUT2D eigenvalue weighted by Crippen LogP contribution is 2.18. The zero-order chi connectivity index (χ0) is 13.6. The molecule has 1 saturated heterocycles. The van der Waals surface area contributed by atoms with E-state index in [0.29, 0.717) is 36.9 Å². The van der Waals surface area contributed by atoms with E-state index in [-0.39, 0.29) is 0 Å². The van der Waals surface area contributed by atoms with E-state index < -0.39 is 12.2 Å². The number of nitrogens with zero attached hydrogens (tertiary/aromatic N) is 5. The highest BCUT2D eigenvalue weighted by atomic mass is 16.3. The van der Waals surface area contributed by atoms with Crippen LogP contribution in [0.5, 0.6) is 0 Å². The molecule has 1 fully saturated rings. The van der Waals surface area contributed by atoms with E-state index in [2.05, 4.69) is 15.1 Å². The van der Waals surface area contributed by atoms with Crippen molar-refractivity contribution in [3.8, 4) is 0 Å². The summed E-state index contributed by atoms with van der Waals surface area (Å²) in [6.07, 6.45) is 0.216. The van der Waals surface area contributed by atoms with Crippen molar-refractivity contribution in [2.45, 2.75) is 18.8 Å². The van der Waals surface area contributed by atoms with Crippen molar-refractivity contribution in [1.82, 2.24) is 24.6 Å². The van der Waals surface area contributed by atoms with Crippen LogP contribution in [0.15, 0.2) is 6.20 Å². The van der Waals surface area contributed by atoms with Gasteiger partial charge in [0.1, 0.15) is 11.6 Å². The lowest BCUT2D eigenvalue weighted by Gasteiger charge is -2.13. The minimum atomic E-state index is -0.710. The molecular weight excluding hydrogens is 248 g/mol. The standard InChI is InChI=1S/C11H16N6O2/c1-16-11-6(2-13-16)10(12)14-9(15-11)5-17-3-7(18)8(19)4-17/h2,7-8,18-19H,3-5H2,1H3,(H2,12,14,15). The zero-order valence-corrected chi connectivity index (χ0v) is 10.6. The molecule has 0 bridgehead atoms. The van der Waals surface area contributed by atoms with E-state index in [0.717, 1.165) is 5.39 Å². The number of fused-ring (bicyclic) bond motifs is 1. The summed E-state index contributed by atoms with van der Waals surface area (Å²) in [5, 5.41) is 23.8. The third-order valence-corrected chi connectivity index (χ3v) is 3.37. The Morgan fingerprint density at radius 2 is 2.00 bits per heavy atom. The van der Waals surface area contributed by atoms with Crippen LogP contribution in [-0.2, 0) is 13.6 Å². The molecule has 8 nitrogen and oxygen atoms in total. The molecule has 19 heavy (non-hydrogen) atoms. The molecule has 3 rings (SSSR count). The second-order valence-electron chi connectivity index (χ2n) is 4.86. The van der Waals surface area contributed by atoms with Crippen LogP contribution < -0.4 is 5.73 Å². The second-order valence-corrected chi connectivity index (χ2v) is 4.86. The SMILES string of the molecule is Cn1ncc2c(N)nc(CN3CC(O)C(O)C3)nc21. The number of aryl methyl sites for hydroxylation is 1. The molecule has 2 aromatic rings. The van der Waals surface area contributed by atoms with Crippen LogP contribution >= 0.6 is 0 Å². The van der Waals surface area contributed by atoms with Gasteiger partial charge in [0.05, 0.1) is 30.3 Å². The highest BCUT2D eigenvalue weighted by molar-refractivity contribution is 5.84. The number of hydrogen-bond acceptors (Lipinski definition) is 7. The van der Waals surface area contributed by atoms with Gasteiger partial charge in [0.25, 0.3) is 0 Å². The van der Waals surface area contributed by atoms with Crippen LogP contribution in [0, 0.1) is 0 Å². The summed E-state index contributed by atoms with van der Waals surface area (Å²) in [7, 11) is 1.79. The van der Waals surface area contributed by atoms with E-state index in [1.165, 1.54) is 0 Å². The topological polar surface area (TPSA) is 113 Å². The van der Waals surface area contributed by atoms with Crippen molar-refractivity contribution in [2.24, 2.45) is 7.05 Å². The van der Waals surface area contributed by atoms with Crippen molar-refractivity contribution in [3.63, 3.8) is 0 Å². The molecule has 102 valence electrons. The van der Waals surface area contributed by atoms with Crippen LogP contribution in [0.4, 0.5) is 5.82 Å². The van der Waals surface area contributed by atoms with Gasteiger partial charge in [-0.3, -0.25) is 9.58 Å².